The fourth-order valence-corrected chi connectivity index (χ4v) is 2.71. The van der Waals surface area contributed by atoms with Crippen LogP contribution in [0.25, 0.3) is 0 Å². The third-order valence-corrected chi connectivity index (χ3v) is 3.96. The van der Waals surface area contributed by atoms with E-state index in [1.807, 2.05) is 12.3 Å². The summed E-state index contributed by atoms with van der Waals surface area (Å²) in [4.78, 5) is 7.00. The first-order valence-corrected chi connectivity index (χ1v) is 7.73. The van der Waals surface area contributed by atoms with Crippen LogP contribution in [0, 0.1) is 0 Å². The minimum absolute atomic E-state index is 0.343. The number of nitrogens with zero attached hydrogens (tertiary/aromatic N) is 2. The van der Waals surface area contributed by atoms with E-state index in [4.69, 9.17) is 0 Å². The SMILES string of the molecule is C[C@H](NCCN1CCCCCCC1)c1ccccn1. The Morgan fingerprint density at radius 2 is 1.89 bits per heavy atom. The first kappa shape index (κ1) is 14.5. The number of rotatable bonds is 5. The Labute approximate surface area is 117 Å². The normalized spacial score (nSPS) is 19.6. The molecule has 1 N–H and O–H groups in total. The third kappa shape index (κ3) is 5.29. The summed E-state index contributed by atoms with van der Waals surface area (Å²) in [5.74, 6) is 0. The molecule has 1 fully saturated rings. The number of hydrogen-bond donors (Lipinski definition) is 1. The molecule has 1 aliphatic heterocycles. The molecule has 0 unspecified atom stereocenters. The lowest BCUT2D eigenvalue weighted by atomic mass is 10.1. The summed E-state index contributed by atoms with van der Waals surface area (Å²) in [5, 5.41) is 3.58. The van der Waals surface area contributed by atoms with Gasteiger partial charge in [-0.2, -0.15) is 0 Å². The molecule has 0 bridgehead atoms. The van der Waals surface area contributed by atoms with Crippen LogP contribution in [-0.2, 0) is 0 Å². The molecule has 0 aromatic carbocycles. The van der Waals surface area contributed by atoms with Crippen LogP contribution >= 0.6 is 0 Å². The van der Waals surface area contributed by atoms with Gasteiger partial charge in [0.25, 0.3) is 0 Å². The monoisotopic (exact) mass is 261 g/mol. The molecule has 19 heavy (non-hydrogen) atoms. The summed E-state index contributed by atoms with van der Waals surface area (Å²) < 4.78 is 0. The molecule has 1 aliphatic rings. The number of pyridine rings is 1. The van der Waals surface area contributed by atoms with Crippen LogP contribution in [0.15, 0.2) is 24.4 Å². The minimum atomic E-state index is 0.343. The number of nitrogens with one attached hydrogen (secondary N) is 1. The highest BCUT2D eigenvalue weighted by Gasteiger charge is 2.09. The maximum absolute atomic E-state index is 4.40. The molecule has 0 radical (unpaired) electrons. The topological polar surface area (TPSA) is 28.2 Å². The highest BCUT2D eigenvalue weighted by Crippen LogP contribution is 2.10. The van der Waals surface area contributed by atoms with Gasteiger partial charge in [-0.15, -0.1) is 0 Å². The summed E-state index contributed by atoms with van der Waals surface area (Å²) in [7, 11) is 0. The quantitative estimate of drug-likeness (QED) is 0.883. The van der Waals surface area contributed by atoms with Gasteiger partial charge in [0.15, 0.2) is 0 Å². The lowest BCUT2D eigenvalue weighted by Crippen LogP contribution is -2.35. The van der Waals surface area contributed by atoms with Gasteiger partial charge >= 0.3 is 0 Å². The molecular formula is C16H27N3. The molecule has 3 heteroatoms. The highest BCUT2D eigenvalue weighted by molar-refractivity contribution is 5.07. The lowest BCUT2D eigenvalue weighted by Gasteiger charge is -2.25. The van der Waals surface area contributed by atoms with Crippen molar-refractivity contribution in [3.05, 3.63) is 30.1 Å². The minimum Gasteiger partial charge on any atom is -0.308 e. The zero-order chi connectivity index (χ0) is 13.3. The molecule has 1 aromatic heterocycles. The second kappa shape index (κ2) is 8.28. The van der Waals surface area contributed by atoms with Gasteiger partial charge in [0, 0.05) is 25.3 Å². The Morgan fingerprint density at radius 3 is 2.58 bits per heavy atom. The van der Waals surface area contributed by atoms with E-state index in [1.54, 1.807) is 0 Å². The van der Waals surface area contributed by atoms with Gasteiger partial charge in [-0.25, -0.2) is 0 Å². The first-order valence-electron chi connectivity index (χ1n) is 7.73. The zero-order valence-electron chi connectivity index (χ0n) is 12.1. The summed E-state index contributed by atoms with van der Waals surface area (Å²) in [6, 6.07) is 6.46. The first-order chi connectivity index (χ1) is 9.36. The molecule has 1 atom stereocenters. The summed E-state index contributed by atoms with van der Waals surface area (Å²) in [5.41, 5.74) is 1.13. The molecule has 2 heterocycles. The molecule has 1 saturated heterocycles. The molecule has 0 spiro atoms. The maximum atomic E-state index is 4.40. The van der Waals surface area contributed by atoms with Gasteiger partial charge in [-0.3, -0.25) is 4.98 Å². The lowest BCUT2D eigenvalue weighted by molar-refractivity contribution is 0.245. The van der Waals surface area contributed by atoms with Crippen molar-refractivity contribution in [2.45, 2.75) is 45.1 Å². The molecule has 0 saturated carbocycles. The van der Waals surface area contributed by atoms with Crippen molar-refractivity contribution in [2.75, 3.05) is 26.2 Å². The average Bonchev–Trinajstić information content (AvgIpc) is 2.42. The van der Waals surface area contributed by atoms with E-state index in [0.717, 1.165) is 18.8 Å². The smallest absolute Gasteiger partial charge is 0.0570 e. The molecule has 2 rings (SSSR count). The predicted molar refractivity (Wildman–Crippen MR) is 80.2 cm³/mol. The van der Waals surface area contributed by atoms with Crippen molar-refractivity contribution in [3.8, 4) is 0 Å². The second-order valence-electron chi connectivity index (χ2n) is 5.54. The van der Waals surface area contributed by atoms with Crippen LogP contribution in [0.4, 0.5) is 0 Å². The van der Waals surface area contributed by atoms with E-state index in [0.29, 0.717) is 6.04 Å². The van der Waals surface area contributed by atoms with E-state index in [9.17, 15) is 0 Å². The number of hydrogen-bond acceptors (Lipinski definition) is 3. The Kier molecular flexibility index (Phi) is 6.31. The van der Waals surface area contributed by atoms with Gasteiger partial charge in [0.05, 0.1) is 5.69 Å². The Bertz CT molecular complexity index is 331. The molecular weight excluding hydrogens is 234 g/mol. The average molecular weight is 261 g/mol. The summed E-state index contributed by atoms with van der Waals surface area (Å²) >= 11 is 0. The fraction of sp³-hybridized carbons (Fsp3) is 0.688. The molecule has 3 nitrogen and oxygen atoms in total. The van der Waals surface area contributed by atoms with Crippen LogP contribution in [0.5, 0.6) is 0 Å². The standard InChI is InChI=1S/C16H27N3/c1-15(16-9-5-6-10-18-16)17-11-14-19-12-7-3-2-4-8-13-19/h5-6,9-10,15,17H,2-4,7-8,11-14H2,1H3/t15-/m0/s1. The Morgan fingerprint density at radius 1 is 1.16 bits per heavy atom. The van der Waals surface area contributed by atoms with Crippen LogP contribution in [0.2, 0.25) is 0 Å². The van der Waals surface area contributed by atoms with Crippen LogP contribution in [-0.4, -0.2) is 36.1 Å². The van der Waals surface area contributed by atoms with Crippen LogP contribution < -0.4 is 5.32 Å². The Hall–Kier alpha value is -0.930. The largest absolute Gasteiger partial charge is 0.308 e. The maximum Gasteiger partial charge on any atom is 0.0570 e. The molecule has 1 aromatic rings. The van der Waals surface area contributed by atoms with Gasteiger partial charge in [0.1, 0.15) is 0 Å². The van der Waals surface area contributed by atoms with Crippen molar-refractivity contribution < 1.29 is 0 Å². The number of likely N-dealkylation sites (tertiary alicyclic amines) is 1. The summed E-state index contributed by atoms with van der Waals surface area (Å²) in [6.45, 7) is 6.96. The molecule has 106 valence electrons. The zero-order valence-corrected chi connectivity index (χ0v) is 12.1. The van der Waals surface area contributed by atoms with Gasteiger partial charge in [0.2, 0.25) is 0 Å². The highest BCUT2D eigenvalue weighted by atomic mass is 15.1. The van der Waals surface area contributed by atoms with E-state index >= 15 is 0 Å². The van der Waals surface area contributed by atoms with Crippen LogP contribution in [0.1, 0.15) is 50.8 Å². The van der Waals surface area contributed by atoms with Crippen molar-refractivity contribution in [2.24, 2.45) is 0 Å². The van der Waals surface area contributed by atoms with E-state index in [1.165, 1.54) is 45.2 Å². The van der Waals surface area contributed by atoms with Gasteiger partial charge < -0.3 is 10.2 Å². The van der Waals surface area contributed by atoms with E-state index < -0.39 is 0 Å². The van der Waals surface area contributed by atoms with Crippen LogP contribution in [0.3, 0.4) is 0 Å². The molecule has 0 amide bonds. The second-order valence-corrected chi connectivity index (χ2v) is 5.54. The van der Waals surface area contributed by atoms with Gasteiger partial charge in [-0.05, 0) is 45.0 Å². The van der Waals surface area contributed by atoms with Crippen molar-refractivity contribution in [1.82, 2.24) is 15.2 Å². The predicted octanol–water partition coefficient (Wildman–Crippen LogP) is 3.00. The Balaban J connectivity index is 1.67. The summed E-state index contributed by atoms with van der Waals surface area (Å²) in [6.07, 6.45) is 8.86. The third-order valence-electron chi connectivity index (χ3n) is 3.96. The van der Waals surface area contributed by atoms with Crippen molar-refractivity contribution in [3.63, 3.8) is 0 Å². The van der Waals surface area contributed by atoms with Gasteiger partial charge in [-0.1, -0.05) is 25.3 Å². The van der Waals surface area contributed by atoms with Crippen molar-refractivity contribution in [1.29, 1.82) is 0 Å². The molecule has 0 aliphatic carbocycles. The number of aromatic nitrogens is 1. The van der Waals surface area contributed by atoms with Crippen molar-refractivity contribution >= 4 is 0 Å². The van der Waals surface area contributed by atoms with E-state index in [-0.39, 0.29) is 0 Å². The fourth-order valence-electron chi connectivity index (χ4n) is 2.71. The van der Waals surface area contributed by atoms with E-state index in [2.05, 4.69) is 34.3 Å².